The van der Waals surface area contributed by atoms with Gasteiger partial charge in [0.25, 0.3) is 0 Å². The fourth-order valence-electron chi connectivity index (χ4n) is 2.17. The van der Waals surface area contributed by atoms with E-state index in [1.165, 1.54) is 18.4 Å². The number of halogens is 1. The van der Waals surface area contributed by atoms with Crippen LogP contribution in [0.25, 0.3) is 0 Å². The fourth-order valence-corrected chi connectivity index (χ4v) is 3.78. The quantitative estimate of drug-likeness (QED) is 0.768. The van der Waals surface area contributed by atoms with Crippen LogP contribution in [0.5, 0.6) is 0 Å². The lowest BCUT2D eigenvalue weighted by Gasteiger charge is -2.21. The molecule has 6 nitrogen and oxygen atoms in total. The van der Waals surface area contributed by atoms with Crippen molar-refractivity contribution in [1.29, 1.82) is 0 Å². The van der Waals surface area contributed by atoms with Gasteiger partial charge in [0.1, 0.15) is 11.8 Å². The number of hydrogen-bond donors (Lipinski definition) is 2. The summed E-state index contributed by atoms with van der Waals surface area (Å²) in [4.78, 5) is 12.4. The monoisotopic (exact) mass is 384 g/mol. The molecule has 0 aliphatic carbocycles. The minimum atomic E-state index is -3.88. The molecule has 2 rings (SSSR count). The Morgan fingerprint density at radius 1 is 1.28 bits per heavy atom. The van der Waals surface area contributed by atoms with Crippen LogP contribution in [0.1, 0.15) is 25.2 Å². The van der Waals surface area contributed by atoms with Crippen molar-refractivity contribution < 1.29 is 17.6 Å². The van der Waals surface area contributed by atoms with E-state index < -0.39 is 22.0 Å². The van der Waals surface area contributed by atoms with Crippen LogP contribution in [0.4, 0.5) is 0 Å². The first kappa shape index (κ1) is 19.5. The van der Waals surface area contributed by atoms with Crippen LogP contribution >= 0.6 is 11.6 Å². The highest BCUT2D eigenvalue weighted by Crippen LogP contribution is 2.20. The molecule has 1 aromatic heterocycles. The van der Waals surface area contributed by atoms with Crippen LogP contribution in [0.15, 0.2) is 45.9 Å². The number of carbonyl (C=O) groups excluding carboxylic acids is 1. The molecule has 0 saturated heterocycles. The van der Waals surface area contributed by atoms with Gasteiger partial charge in [-0.2, -0.15) is 4.72 Å². The molecule has 0 fully saturated rings. The second kappa shape index (κ2) is 8.03. The van der Waals surface area contributed by atoms with Crippen molar-refractivity contribution in [3.05, 3.63) is 52.9 Å². The van der Waals surface area contributed by atoms with Crippen molar-refractivity contribution in [1.82, 2.24) is 10.0 Å². The molecule has 0 radical (unpaired) electrons. The summed E-state index contributed by atoms with van der Waals surface area (Å²) in [5.74, 6) is -0.0792. The Bertz CT molecular complexity index is 832. The summed E-state index contributed by atoms with van der Waals surface area (Å²) in [6.45, 7) is 5.50. The van der Waals surface area contributed by atoms with Gasteiger partial charge in [-0.3, -0.25) is 4.79 Å². The molecular formula is C17H21ClN2O4S. The maximum atomic E-state index is 12.6. The molecule has 0 spiro atoms. The third kappa shape index (κ3) is 5.07. The van der Waals surface area contributed by atoms with E-state index in [9.17, 15) is 13.2 Å². The van der Waals surface area contributed by atoms with Crippen LogP contribution in [-0.4, -0.2) is 20.4 Å². The predicted octanol–water partition coefficient (Wildman–Crippen LogP) is 2.86. The van der Waals surface area contributed by atoms with Crippen molar-refractivity contribution in [2.45, 2.75) is 38.3 Å². The molecule has 2 N–H and O–H groups in total. The molecule has 0 unspecified atom stereocenters. The SMILES string of the molecule is Cc1ccc(S(=O)(=O)N[C@H](C(=O)NCc2ccco2)C(C)C)cc1Cl. The predicted molar refractivity (Wildman–Crippen MR) is 95.7 cm³/mol. The van der Waals surface area contributed by atoms with Gasteiger partial charge in [-0.15, -0.1) is 0 Å². The van der Waals surface area contributed by atoms with Crippen molar-refractivity contribution >= 4 is 27.5 Å². The lowest BCUT2D eigenvalue weighted by atomic mass is 10.1. The van der Waals surface area contributed by atoms with Crippen molar-refractivity contribution in [3.8, 4) is 0 Å². The van der Waals surface area contributed by atoms with E-state index in [0.29, 0.717) is 10.8 Å². The topological polar surface area (TPSA) is 88.4 Å². The van der Waals surface area contributed by atoms with Crippen LogP contribution in [0.2, 0.25) is 5.02 Å². The lowest BCUT2D eigenvalue weighted by Crippen LogP contribution is -2.49. The first-order valence-corrected chi connectivity index (χ1v) is 9.65. The van der Waals surface area contributed by atoms with E-state index in [4.69, 9.17) is 16.0 Å². The number of benzene rings is 1. The minimum Gasteiger partial charge on any atom is -0.467 e. The maximum absolute atomic E-state index is 12.6. The minimum absolute atomic E-state index is 0.0209. The van der Waals surface area contributed by atoms with Crippen LogP contribution in [0, 0.1) is 12.8 Å². The number of carbonyl (C=O) groups is 1. The summed E-state index contributed by atoms with van der Waals surface area (Å²) in [5, 5.41) is 3.03. The second-order valence-corrected chi connectivity index (χ2v) is 8.17. The van der Waals surface area contributed by atoms with E-state index >= 15 is 0 Å². The van der Waals surface area contributed by atoms with Gasteiger partial charge >= 0.3 is 0 Å². The summed E-state index contributed by atoms with van der Waals surface area (Å²) in [5.41, 5.74) is 0.775. The number of nitrogens with one attached hydrogen (secondary N) is 2. The zero-order valence-electron chi connectivity index (χ0n) is 14.2. The highest BCUT2D eigenvalue weighted by molar-refractivity contribution is 7.89. The number of amides is 1. The van der Waals surface area contributed by atoms with Crippen LogP contribution in [-0.2, 0) is 21.4 Å². The third-order valence-corrected chi connectivity index (χ3v) is 5.55. The van der Waals surface area contributed by atoms with Crippen molar-refractivity contribution in [3.63, 3.8) is 0 Å². The summed E-state index contributed by atoms with van der Waals surface area (Å²) < 4.78 is 32.8. The molecule has 0 bridgehead atoms. The second-order valence-electron chi connectivity index (χ2n) is 6.05. The largest absolute Gasteiger partial charge is 0.467 e. The van der Waals surface area contributed by atoms with Crippen molar-refractivity contribution in [2.75, 3.05) is 0 Å². The highest BCUT2D eigenvalue weighted by atomic mass is 35.5. The van der Waals surface area contributed by atoms with Gasteiger partial charge < -0.3 is 9.73 Å². The molecule has 1 amide bonds. The van der Waals surface area contributed by atoms with Crippen LogP contribution < -0.4 is 10.0 Å². The van der Waals surface area contributed by atoms with E-state index in [1.54, 1.807) is 39.0 Å². The molecule has 0 saturated carbocycles. The molecule has 0 aliphatic rings. The van der Waals surface area contributed by atoms with E-state index in [2.05, 4.69) is 10.0 Å². The van der Waals surface area contributed by atoms with Gasteiger partial charge in [-0.1, -0.05) is 31.5 Å². The molecule has 25 heavy (non-hydrogen) atoms. The van der Waals surface area contributed by atoms with Gasteiger partial charge in [0.15, 0.2) is 0 Å². The Hall–Kier alpha value is -1.83. The summed E-state index contributed by atoms with van der Waals surface area (Å²) in [7, 11) is -3.88. The molecule has 1 heterocycles. The zero-order valence-corrected chi connectivity index (χ0v) is 15.8. The zero-order chi connectivity index (χ0) is 18.6. The number of furan rings is 1. The Labute approximate surface area is 152 Å². The third-order valence-electron chi connectivity index (χ3n) is 3.70. The Kier molecular flexibility index (Phi) is 6.26. The van der Waals surface area contributed by atoms with Crippen molar-refractivity contribution in [2.24, 2.45) is 5.92 Å². The number of aryl methyl sites for hydroxylation is 1. The molecule has 136 valence electrons. The molecule has 2 aromatic rings. The van der Waals surface area contributed by atoms with Gasteiger partial charge in [-0.05, 0) is 42.7 Å². The number of sulfonamides is 1. The number of hydrogen-bond acceptors (Lipinski definition) is 4. The van der Waals surface area contributed by atoms with E-state index in [-0.39, 0.29) is 17.4 Å². The van der Waals surface area contributed by atoms with Gasteiger partial charge in [0.05, 0.1) is 17.7 Å². The molecule has 1 atom stereocenters. The molecular weight excluding hydrogens is 364 g/mol. The van der Waals surface area contributed by atoms with Crippen LogP contribution in [0.3, 0.4) is 0 Å². The summed E-state index contributed by atoms with van der Waals surface area (Å²) >= 11 is 6.01. The normalized spacial score (nSPS) is 13.0. The summed E-state index contributed by atoms with van der Waals surface area (Å²) in [6, 6.07) is 6.98. The fraction of sp³-hybridized carbons (Fsp3) is 0.353. The van der Waals surface area contributed by atoms with E-state index in [0.717, 1.165) is 5.56 Å². The lowest BCUT2D eigenvalue weighted by molar-refractivity contribution is -0.123. The first-order chi connectivity index (χ1) is 11.7. The standard InChI is InChI=1S/C17H21ClN2O4S/c1-11(2)16(17(21)19-10-13-5-4-8-24-13)20-25(22,23)14-7-6-12(3)15(18)9-14/h4-9,11,16,20H,10H2,1-3H3,(H,19,21)/t16-/m0/s1. The van der Waals surface area contributed by atoms with Gasteiger partial charge in [-0.25, -0.2) is 8.42 Å². The van der Waals surface area contributed by atoms with Gasteiger partial charge in [0.2, 0.25) is 15.9 Å². The average molecular weight is 385 g/mol. The Morgan fingerprint density at radius 2 is 2.00 bits per heavy atom. The number of rotatable bonds is 7. The Morgan fingerprint density at radius 3 is 2.56 bits per heavy atom. The van der Waals surface area contributed by atoms with Gasteiger partial charge in [0, 0.05) is 5.02 Å². The maximum Gasteiger partial charge on any atom is 0.241 e. The average Bonchev–Trinajstić information content (AvgIpc) is 3.06. The molecule has 8 heteroatoms. The Balaban J connectivity index is 2.13. The highest BCUT2D eigenvalue weighted by Gasteiger charge is 2.28. The van der Waals surface area contributed by atoms with E-state index in [1.807, 2.05) is 0 Å². The smallest absolute Gasteiger partial charge is 0.241 e. The molecule has 1 aromatic carbocycles. The first-order valence-electron chi connectivity index (χ1n) is 7.79. The molecule has 0 aliphatic heterocycles. The summed E-state index contributed by atoms with van der Waals surface area (Å²) in [6.07, 6.45) is 1.51.